The molecule has 17 heavy (non-hydrogen) atoms. The molecule has 3 heteroatoms. The highest BCUT2D eigenvalue weighted by molar-refractivity contribution is 5.85. The lowest BCUT2D eigenvalue weighted by Gasteiger charge is -2.12. The Balaban J connectivity index is 2.50. The molecule has 0 fully saturated rings. The Morgan fingerprint density at radius 3 is 2.47 bits per heavy atom. The van der Waals surface area contributed by atoms with Crippen molar-refractivity contribution in [3.8, 4) is 0 Å². The summed E-state index contributed by atoms with van der Waals surface area (Å²) < 4.78 is 0. The highest BCUT2D eigenvalue weighted by Crippen LogP contribution is 2.21. The first-order valence-corrected chi connectivity index (χ1v) is 5.52. The first-order chi connectivity index (χ1) is 8.11. The zero-order valence-electron chi connectivity index (χ0n) is 9.90. The molecular formula is C14H15NO2. The van der Waals surface area contributed by atoms with E-state index in [-0.39, 0.29) is 0 Å². The third-order valence-corrected chi connectivity index (χ3v) is 2.89. The second-order valence-electron chi connectivity index (χ2n) is 4.17. The summed E-state index contributed by atoms with van der Waals surface area (Å²) in [6.07, 6.45) is 0. The molecule has 0 heterocycles. The van der Waals surface area contributed by atoms with Gasteiger partial charge in [0.05, 0.1) is 0 Å². The Hall–Kier alpha value is -1.87. The molecule has 0 aliphatic heterocycles. The maximum atomic E-state index is 11.1. The van der Waals surface area contributed by atoms with Crippen molar-refractivity contribution in [2.75, 3.05) is 7.05 Å². The van der Waals surface area contributed by atoms with E-state index in [1.54, 1.807) is 7.05 Å². The van der Waals surface area contributed by atoms with Gasteiger partial charge in [-0.3, -0.25) is 4.79 Å². The molecule has 0 radical (unpaired) electrons. The van der Waals surface area contributed by atoms with Crippen LogP contribution in [0.2, 0.25) is 0 Å². The van der Waals surface area contributed by atoms with Crippen LogP contribution >= 0.6 is 0 Å². The van der Waals surface area contributed by atoms with Crippen LogP contribution in [0.1, 0.15) is 17.2 Å². The van der Waals surface area contributed by atoms with Crippen LogP contribution in [0.3, 0.4) is 0 Å². The van der Waals surface area contributed by atoms with E-state index in [9.17, 15) is 4.79 Å². The number of hydrogen-bond acceptors (Lipinski definition) is 2. The molecule has 1 atom stereocenters. The van der Waals surface area contributed by atoms with Gasteiger partial charge in [-0.15, -0.1) is 0 Å². The predicted octanol–water partition coefficient (Wildman–Crippen LogP) is 2.49. The van der Waals surface area contributed by atoms with Crippen molar-refractivity contribution in [3.63, 3.8) is 0 Å². The Morgan fingerprint density at radius 1 is 1.18 bits per heavy atom. The van der Waals surface area contributed by atoms with E-state index in [2.05, 4.69) is 11.4 Å². The number of hydrogen-bond donors (Lipinski definition) is 2. The van der Waals surface area contributed by atoms with Crippen molar-refractivity contribution < 1.29 is 9.90 Å². The minimum Gasteiger partial charge on any atom is -0.480 e. The number of likely N-dealkylation sites (N-methyl/N-ethyl adjacent to an activating group) is 1. The summed E-state index contributed by atoms with van der Waals surface area (Å²) in [5.74, 6) is -0.862. The highest BCUT2D eigenvalue weighted by Gasteiger charge is 2.17. The van der Waals surface area contributed by atoms with Gasteiger partial charge >= 0.3 is 5.97 Å². The van der Waals surface area contributed by atoms with Crippen molar-refractivity contribution in [1.82, 2.24) is 5.32 Å². The molecule has 2 rings (SSSR count). The molecule has 1 unspecified atom stereocenters. The Labute approximate surface area is 100 Å². The van der Waals surface area contributed by atoms with Crippen molar-refractivity contribution in [2.45, 2.75) is 13.0 Å². The van der Waals surface area contributed by atoms with Crippen LogP contribution in [0.15, 0.2) is 36.4 Å². The summed E-state index contributed by atoms with van der Waals surface area (Å²) >= 11 is 0. The van der Waals surface area contributed by atoms with Gasteiger partial charge < -0.3 is 10.4 Å². The molecular weight excluding hydrogens is 214 g/mol. The zero-order valence-corrected chi connectivity index (χ0v) is 9.90. The standard InChI is InChI=1S/C14H15NO2/c1-9-3-4-11-8-12(6-5-10(11)7-9)13(15-2)14(16)17/h3-8,13,15H,1-2H3,(H,16,17). The number of rotatable bonds is 3. The smallest absolute Gasteiger partial charge is 0.325 e. The number of carboxylic acids is 1. The van der Waals surface area contributed by atoms with Gasteiger partial charge in [-0.2, -0.15) is 0 Å². The minimum absolute atomic E-state index is 0.652. The fourth-order valence-corrected chi connectivity index (χ4v) is 2.00. The molecule has 3 nitrogen and oxygen atoms in total. The molecule has 0 aliphatic rings. The van der Waals surface area contributed by atoms with Crippen molar-refractivity contribution in [2.24, 2.45) is 0 Å². The van der Waals surface area contributed by atoms with Gasteiger partial charge in [0.1, 0.15) is 6.04 Å². The average Bonchev–Trinajstić information content (AvgIpc) is 2.29. The number of carbonyl (C=O) groups is 1. The van der Waals surface area contributed by atoms with E-state index in [1.807, 2.05) is 37.3 Å². The van der Waals surface area contributed by atoms with E-state index in [0.717, 1.165) is 16.3 Å². The maximum absolute atomic E-state index is 11.1. The molecule has 2 N–H and O–H groups in total. The Morgan fingerprint density at radius 2 is 1.82 bits per heavy atom. The lowest BCUT2D eigenvalue weighted by atomic mass is 10.0. The third kappa shape index (κ3) is 2.29. The predicted molar refractivity (Wildman–Crippen MR) is 68.1 cm³/mol. The number of aryl methyl sites for hydroxylation is 1. The van der Waals surface area contributed by atoms with Gasteiger partial charge in [-0.25, -0.2) is 0 Å². The van der Waals surface area contributed by atoms with Crippen LogP contribution in [0.4, 0.5) is 0 Å². The van der Waals surface area contributed by atoms with E-state index < -0.39 is 12.0 Å². The number of nitrogens with one attached hydrogen (secondary N) is 1. The summed E-state index contributed by atoms with van der Waals surface area (Å²) in [7, 11) is 1.65. The molecule has 0 saturated carbocycles. The van der Waals surface area contributed by atoms with Crippen molar-refractivity contribution >= 4 is 16.7 Å². The van der Waals surface area contributed by atoms with Gasteiger partial charge in [-0.1, -0.05) is 35.9 Å². The van der Waals surface area contributed by atoms with Crippen molar-refractivity contribution in [3.05, 3.63) is 47.5 Å². The van der Waals surface area contributed by atoms with Crippen LogP contribution in [0, 0.1) is 6.92 Å². The quantitative estimate of drug-likeness (QED) is 0.850. The SMILES string of the molecule is CNC(C(=O)O)c1ccc2cc(C)ccc2c1. The molecule has 2 aromatic rings. The fraction of sp³-hybridized carbons (Fsp3) is 0.214. The number of benzene rings is 2. The topological polar surface area (TPSA) is 49.3 Å². The number of aliphatic carboxylic acids is 1. The molecule has 0 aromatic heterocycles. The Bertz CT molecular complexity index is 563. The van der Waals surface area contributed by atoms with E-state index in [1.165, 1.54) is 5.56 Å². The van der Waals surface area contributed by atoms with Gasteiger partial charge in [-0.05, 0) is 36.4 Å². The van der Waals surface area contributed by atoms with E-state index in [4.69, 9.17) is 5.11 Å². The van der Waals surface area contributed by atoms with Gasteiger partial charge in [0.25, 0.3) is 0 Å². The summed E-state index contributed by atoms with van der Waals surface area (Å²) in [6, 6.07) is 11.2. The number of carboxylic acid groups (broad SMARTS) is 1. The van der Waals surface area contributed by atoms with E-state index >= 15 is 0 Å². The fourth-order valence-electron chi connectivity index (χ4n) is 2.00. The van der Waals surface area contributed by atoms with E-state index in [0.29, 0.717) is 0 Å². The van der Waals surface area contributed by atoms with Crippen LogP contribution in [-0.4, -0.2) is 18.1 Å². The molecule has 0 amide bonds. The van der Waals surface area contributed by atoms with Crippen LogP contribution in [0.5, 0.6) is 0 Å². The van der Waals surface area contributed by atoms with Crippen molar-refractivity contribution in [1.29, 1.82) is 0 Å². The highest BCUT2D eigenvalue weighted by atomic mass is 16.4. The third-order valence-electron chi connectivity index (χ3n) is 2.89. The lowest BCUT2D eigenvalue weighted by Crippen LogP contribution is -2.24. The normalized spacial score (nSPS) is 12.6. The van der Waals surface area contributed by atoms with Gasteiger partial charge in [0.15, 0.2) is 0 Å². The number of fused-ring (bicyclic) bond motifs is 1. The van der Waals surface area contributed by atoms with Crippen LogP contribution in [-0.2, 0) is 4.79 Å². The minimum atomic E-state index is -0.862. The molecule has 0 bridgehead atoms. The second kappa shape index (κ2) is 4.55. The zero-order chi connectivity index (χ0) is 12.4. The first-order valence-electron chi connectivity index (χ1n) is 5.52. The van der Waals surface area contributed by atoms with Gasteiger partial charge in [0, 0.05) is 0 Å². The summed E-state index contributed by atoms with van der Waals surface area (Å²) in [5, 5.41) is 14.1. The maximum Gasteiger partial charge on any atom is 0.325 e. The van der Waals surface area contributed by atoms with Crippen LogP contribution < -0.4 is 5.32 Å². The molecule has 0 saturated heterocycles. The summed E-state index contributed by atoms with van der Waals surface area (Å²) in [6.45, 7) is 2.04. The lowest BCUT2D eigenvalue weighted by molar-refractivity contribution is -0.139. The monoisotopic (exact) mass is 229 g/mol. The second-order valence-corrected chi connectivity index (χ2v) is 4.17. The average molecular weight is 229 g/mol. The molecule has 0 spiro atoms. The molecule has 88 valence electrons. The largest absolute Gasteiger partial charge is 0.480 e. The Kier molecular flexibility index (Phi) is 3.11. The summed E-state index contributed by atoms with van der Waals surface area (Å²) in [4.78, 5) is 11.1. The molecule has 2 aromatic carbocycles. The first kappa shape index (κ1) is 11.6. The molecule has 0 aliphatic carbocycles. The van der Waals surface area contributed by atoms with Crippen LogP contribution in [0.25, 0.3) is 10.8 Å². The summed E-state index contributed by atoms with van der Waals surface area (Å²) in [5.41, 5.74) is 1.98. The van der Waals surface area contributed by atoms with Gasteiger partial charge in [0.2, 0.25) is 0 Å².